The number of rotatable bonds is 6. The van der Waals surface area contributed by atoms with Crippen molar-refractivity contribution in [3.8, 4) is 0 Å². The maximum Gasteiger partial charge on any atom is 0.194 e. The Morgan fingerprint density at radius 1 is 1.30 bits per heavy atom. The van der Waals surface area contributed by atoms with Gasteiger partial charge in [-0.25, -0.2) is 0 Å². The monoisotopic (exact) mass is 331 g/mol. The summed E-state index contributed by atoms with van der Waals surface area (Å²) in [5.74, 6) is 0.810. The third kappa shape index (κ3) is 5.37. The number of benzene rings is 1. The maximum atomic E-state index is 10.3. The average molecular weight is 331 g/mol. The number of hydrogen-bond acceptors (Lipinski definition) is 3. The van der Waals surface area contributed by atoms with Crippen LogP contribution in [0, 0.1) is 6.92 Å². The van der Waals surface area contributed by atoms with Crippen molar-refractivity contribution in [2.24, 2.45) is 4.99 Å². The van der Waals surface area contributed by atoms with Crippen LogP contribution in [0.5, 0.6) is 0 Å². The van der Waals surface area contributed by atoms with Crippen molar-refractivity contribution < 1.29 is 5.11 Å². The summed E-state index contributed by atoms with van der Waals surface area (Å²) in [4.78, 5) is 6.65. The highest BCUT2D eigenvalue weighted by Gasteiger charge is 2.10. The van der Waals surface area contributed by atoms with Crippen LogP contribution in [0.3, 0.4) is 0 Å². The van der Waals surface area contributed by atoms with Gasteiger partial charge in [0.25, 0.3) is 0 Å². The molecule has 5 heteroatoms. The highest BCUT2D eigenvalue weighted by molar-refractivity contribution is 7.07. The van der Waals surface area contributed by atoms with E-state index in [-0.39, 0.29) is 0 Å². The molecular formula is C18H25N3OS. The van der Waals surface area contributed by atoms with E-state index in [1.807, 2.05) is 45.2 Å². The van der Waals surface area contributed by atoms with E-state index in [2.05, 4.69) is 32.0 Å². The second-order valence-electron chi connectivity index (χ2n) is 5.61. The van der Waals surface area contributed by atoms with Gasteiger partial charge in [0, 0.05) is 20.1 Å². The minimum atomic E-state index is -0.584. The van der Waals surface area contributed by atoms with Crippen molar-refractivity contribution in [2.45, 2.75) is 26.5 Å². The molecule has 1 aromatic carbocycles. The van der Waals surface area contributed by atoms with Crippen molar-refractivity contribution in [3.05, 3.63) is 57.8 Å². The normalized spacial score (nSPS) is 13.0. The number of guanidine groups is 1. The van der Waals surface area contributed by atoms with Crippen LogP contribution in [0.4, 0.5) is 0 Å². The van der Waals surface area contributed by atoms with Gasteiger partial charge in [-0.1, -0.05) is 29.8 Å². The fraction of sp³-hybridized carbons (Fsp3) is 0.389. The van der Waals surface area contributed by atoms with E-state index in [4.69, 9.17) is 0 Å². The lowest BCUT2D eigenvalue weighted by molar-refractivity contribution is 0.186. The van der Waals surface area contributed by atoms with Gasteiger partial charge in [0.15, 0.2) is 5.96 Å². The molecule has 2 N–H and O–H groups in total. The van der Waals surface area contributed by atoms with Gasteiger partial charge in [-0.15, -0.1) is 0 Å². The zero-order valence-electron chi connectivity index (χ0n) is 14.0. The topological polar surface area (TPSA) is 47.9 Å². The molecule has 4 nitrogen and oxygen atoms in total. The van der Waals surface area contributed by atoms with Crippen LogP contribution in [0.15, 0.2) is 46.1 Å². The zero-order valence-corrected chi connectivity index (χ0v) is 14.8. The van der Waals surface area contributed by atoms with Gasteiger partial charge >= 0.3 is 0 Å². The number of hydrogen-bond donors (Lipinski definition) is 2. The molecule has 1 unspecified atom stereocenters. The van der Waals surface area contributed by atoms with Crippen molar-refractivity contribution in [3.63, 3.8) is 0 Å². The van der Waals surface area contributed by atoms with Gasteiger partial charge in [0.2, 0.25) is 0 Å². The molecule has 0 aliphatic carbocycles. The third-order valence-electron chi connectivity index (χ3n) is 3.57. The minimum absolute atomic E-state index is 0.347. The summed E-state index contributed by atoms with van der Waals surface area (Å²) in [5, 5.41) is 17.8. The first-order chi connectivity index (χ1) is 11.1. The summed E-state index contributed by atoms with van der Waals surface area (Å²) in [6.07, 6.45) is -0.584. The summed E-state index contributed by atoms with van der Waals surface area (Å²) < 4.78 is 0. The molecule has 0 saturated carbocycles. The number of nitrogens with one attached hydrogen (secondary N) is 1. The van der Waals surface area contributed by atoms with Crippen LogP contribution in [0.2, 0.25) is 0 Å². The van der Waals surface area contributed by atoms with Gasteiger partial charge in [-0.3, -0.25) is 4.99 Å². The second kappa shape index (κ2) is 8.70. The molecule has 0 amide bonds. The first-order valence-corrected chi connectivity index (χ1v) is 8.79. The largest absolute Gasteiger partial charge is 0.386 e. The van der Waals surface area contributed by atoms with Crippen LogP contribution < -0.4 is 5.32 Å². The lowest BCUT2D eigenvalue weighted by atomic mass is 10.1. The molecular weight excluding hydrogens is 306 g/mol. The Labute approximate surface area is 142 Å². The number of aliphatic hydroxyl groups excluding tert-OH is 1. The van der Waals surface area contributed by atoms with Crippen LogP contribution in [0.1, 0.15) is 29.7 Å². The predicted octanol–water partition coefficient (Wildman–Crippen LogP) is 3.19. The zero-order chi connectivity index (χ0) is 16.7. The molecule has 2 rings (SSSR count). The van der Waals surface area contributed by atoms with Crippen molar-refractivity contribution in [1.82, 2.24) is 10.2 Å². The molecule has 2 aromatic rings. The van der Waals surface area contributed by atoms with E-state index in [0.717, 1.165) is 24.6 Å². The fourth-order valence-electron chi connectivity index (χ4n) is 2.27. The van der Waals surface area contributed by atoms with E-state index in [9.17, 15) is 5.11 Å². The van der Waals surface area contributed by atoms with E-state index < -0.39 is 6.10 Å². The quantitative estimate of drug-likeness (QED) is 0.631. The number of thiophene rings is 1. The first-order valence-electron chi connectivity index (χ1n) is 7.85. The summed E-state index contributed by atoms with van der Waals surface area (Å²) in [6, 6.07) is 10.0. The van der Waals surface area contributed by atoms with E-state index in [0.29, 0.717) is 6.54 Å². The lowest BCUT2D eigenvalue weighted by Crippen LogP contribution is -2.38. The Kier molecular flexibility index (Phi) is 6.62. The fourth-order valence-corrected chi connectivity index (χ4v) is 2.93. The van der Waals surface area contributed by atoms with Crippen LogP contribution in [-0.4, -0.2) is 36.1 Å². The Hall–Kier alpha value is -1.85. The first kappa shape index (κ1) is 17.5. The van der Waals surface area contributed by atoms with Crippen molar-refractivity contribution in [2.75, 3.05) is 20.1 Å². The Morgan fingerprint density at radius 3 is 2.65 bits per heavy atom. The van der Waals surface area contributed by atoms with E-state index in [1.165, 1.54) is 11.1 Å². The molecule has 23 heavy (non-hydrogen) atoms. The summed E-state index contributed by atoms with van der Waals surface area (Å²) >= 11 is 1.70. The van der Waals surface area contributed by atoms with Crippen LogP contribution in [-0.2, 0) is 6.54 Å². The highest BCUT2D eigenvalue weighted by atomic mass is 32.1. The van der Waals surface area contributed by atoms with Crippen molar-refractivity contribution >= 4 is 17.3 Å². The Bertz CT molecular complexity index is 608. The van der Waals surface area contributed by atoms with Gasteiger partial charge in [0.05, 0.1) is 12.6 Å². The summed E-state index contributed by atoms with van der Waals surface area (Å²) in [6.45, 7) is 6.03. The molecule has 1 aromatic heterocycles. The molecule has 0 bridgehead atoms. The molecule has 0 saturated heterocycles. The molecule has 0 radical (unpaired) electrons. The highest BCUT2D eigenvalue weighted by Crippen LogP contribution is 2.14. The number of aliphatic hydroxyl groups is 1. The third-order valence-corrected chi connectivity index (χ3v) is 4.30. The minimum Gasteiger partial charge on any atom is -0.386 e. The summed E-state index contributed by atoms with van der Waals surface area (Å²) in [5.41, 5.74) is 3.35. The van der Waals surface area contributed by atoms with Gasteiger partial charge < -0.3 is 15.3 Å². The van der Waals surface area contributed by atoms with E-state index in [1.54, 1.807) is 11.3 Å². The SMILES string of the molecule is CCNC(=NCC(O)c1ccc(C)cc1)N(C)Cc1ccsc1. The average Bonchev–Trinajstić information content (AvgIpc) is 3.04. The molecule has 1 heterocycles. The molecule has 1 atom stereocenters. The number of aliphatic imine (C=N–C) groups is 1. The van der Waals surface area contributed by atoms with Crippen LogP contribution >= 0.6 is 11.3 Å². The maximum absolute atomic E-state index is 10.3. The molecule has 0 aliphatic heterocycles. The van der Waals surface area contributed by atoms with Crippen molar-refractivity contribution in [1.29, 1.82) is 0 Å². The predicted molar refractivity (Wildman–Crippen MR) is 97.9 cm³/mol. The van der Waals surface area contributed by atoms with E-state index >= 15 is 0 Å². The lowest BCUT2D eigenvalue weighted by Gasteiger charge is -2.22. The smallest absolute Gasteiger partial charge is 0.194 e. The second-order valence-corrected chi connectivity index (χ2v) is 6.39. The summed E-state index contributed by atoms with van der Waals surface area (Å²) in [7, 11) is 2.01. The molecule has 0 aliphatic rings. The molecule has 0 fully saturated rings. The number of aryl methyl sites for hydroxylation is 1. The van der Waals surface area contributed by atoms with Gasteiger partial charge in [0.1, 0.15) is 0 Å². The Morgan fingerprint density at radius 2 is 2.04 bits per heavy atom. The molecule has 124 valence electrons. The standard InChI is InChI=1S/C18H25N3OS/c1-4-19-18(21(3)12-15-9-10-23-13-15)20-11-17(22)16-7-5-14(2)6-8-16/h5-10,13,17,22H,4,11-12H2,1-3H3,(H,19,20). The van der Waals surface area contributed by atoms with Gasteiger partial charge in [-0.05, 0) is 41.8 Å². The molecule has 0 spiro atoms. The van der Waals surface area contributed by atoms with Gasteiger partial charge in [-0.2, -0.15) is 11.3 Å². The van der Waals surface area contributed by atoms with Crippen LogP contribution in [0.25, 0.3) is 0 Å². The number of nitrogens with zero attached hydrogens (tertiary/aromatic N) is 2. The Balaban J connectivity index is 2.01.